The molecule has 0 unspecified atom stereocenters. The highest BCUT2D eigenvalue weighted by atomic mass is 127. The summed E-state index contributed by atoms with van der Waals surface area (Å²) in [5, 5.41) is 3.27. The molecule has 0 bridgehead atoms. The Morgan fingerprint density at radius 3 is 2.50 bits per heavy atom. The van der Waals surface area contributed by atoms with Gasteiger partial charge >= 0.3 is 0 Å². The Hall–Kier alpha value is -1.32. The minimum absolute atomic E-state index is 0. The third-order valence-electron chi connectivity index (χ3n) is 4.18. The normalized spacial score (nSPS) is 11.0. The van der Waals surface area contributed by atoms with E-state index in [-0.39, 0.29) is 29.9 Å². The first-order valence-corrected chi connectivity index (χ1v) is 9.28. The number of amides is 1. The molecule has 0 atom stereocenters. The summed E-state index contributed by atoms with van der Waals surface area (Å²) in [6.07, 6.45) is 5.90. The molecule has 0 spiro atoms. The van der Waals surface area contributed by atoms with E-state index >= 15 is 0 Å². The molecule has 0 saturated carbocycles. The number of aryl methyl sites for hydroxylation is 2. The van der Waals surface area contributed by atoms with Crippen LogP contribution in [0.3, 0.4) is 0 Å². The number of likely N-dealkylation sites (N-methyl/N-ethyl adjacent to an activating group) is 2. The molecule has 0 fully saturated rings. The van der Waals surface area contributed by atoms with Crippen LogP contribution in [0.15, 0.2) is 17.4 Å². The van der Waals surface area contributed by atoms with E-state index in [1.807, 2.05) is 56.9 Å². The van der Waals surface area contributed by atoms with E-state index in [1.54, 1.807) is 0 Å². The Morgan fingerprint density at radius 2 is 1.96 bits per heavy atom. The minimum atomic E-state index is 0. The molecule has 1 heterocycles. The summed E-state index contributed by atoms with van der Waals surface area (Å²) in [5.74, 6) is 1.97. The Bertz CT molecular complexity index is 542. The Balaban J connectivity index is 0.00000625. The summed E-state index contributed by atoms with van der Waals surface area (Å²) in [6.45, 7) is 12.4. The molecule has 0 radical (unpaired) electrons. The zero-order valence-corrected chi connectivity index (χ0v) is 19.2. The van der Waals surface area contributed by atoms with Gasteiger partial charge in [0, 0.05) is 52.2 Å². The molecule has 1 aromatic heterocycles. The number of imidazole rings is 1. The van der Waals surface area contributed by atoms with Crippen LogP contribution in [0.2, 0.25) is 0 Å². The van der Waals surface area contributed by atoms with Crippen molar-refractivity contribution in [3.63, 3.8) is 0 Å². The number of hydrogen-bond acceptors (Lipinski definition) is 3. The predicted octanol–water partition coefficient (Wildman–Crippen LogP) is 2.36. The first kappa shape index (κ1) is 24.7. The lowest BCUT2D eigenvalue weighted by Gasteiger charge is -2.25. The van der Waals surface area contributed by atoms with E-state index in [2.05, 4.69) is 19.9 Å². The van der Waals surface area contributed by atoms with E-state index in [0.29, 0.717) is 6.54 Å². The number of unbranched alkanes of at least 4 members (excludes halogenated alkanes) is 1. The molecular weight excluding hydrogens is 443 g/mol. The van der Waals surface area contributed by atoms with Crippen LogP contribution in [-0.2, 0) is 11.3 Å². The molecular formula is C18H35IN6O. The second kappa shape index (κ2) is 13.8. The number of hydrogen-bond donors (Lipinski definition) is 1. The number of rotatable bonds is 10. The maximum atomic E-state index is 12.3. The van der Waals surface area contributed by atoms with Crippen LogP contribution in [0.5, 0.6) is 0 Å². The van der Waals surface area contributed by atoms with Crippen molar-refractivity contribution in [1.29, 1.82) is 0 Å². The summed E-state index contributed by atoms with van der Waals surface area (Å²) in [6, 6.07) is 0. The van der Waals surface area contributed by atoms with Crippen LogP contribution in [0.4, 0.5) is 0 Å². The molecule has 26 heavy (non-hydrogen) atoms. The number of aromatic nitrogens is 2. The van der Waals surface area contributed by atoms with Crippen LogP contribution < -0.4 is 5.32 Å². The van der Waals surface area contributed by atoms with Gasteiger partial charge in [0.2, 0.25) is 5.91 Å². The van der Waals surface area contributed by atoms with Crippen LogP contribution >= 0.6 is 24.0 Å². The molecule has 1 amide bonds. The molecule has 0 saturated heterocycles. The molecule has 150 valence electrons. The van der Waals surface area contributed by atoms with Gasteiger partial charge in [-0.05, 0) is 40.5 Å². The average Bonchev–Trinajstić information content (AvgIpc) is 2.99. The topological polar surface area (TPSA) is 65.8 Å². The van der Waals surface area contributed by atoms with E-state index in [0.717, 1.165) is 57.3 Å². The van der Waals surface area contributed by atoms with Crippen LogP contribution in [0, 0.1) is 6.92 Å². The zero-order valence-electron chi connectivity index (χ0n) is 16.9. The van der Waals surface area contributed by atoms with Crippen molar-refractivity contribution in [2.75, 3.05) is 39.8 Å². The largest absolute Gasteiger partial charge is 0.357 e. The lowest BCUT2D eigenvalue weighted by atomic mass is 10.3. The fraction of sp³-hybridized carbons (Fsp3) is 0.722. The summed E-state index contributed by atoms with van der Waals surface area (Å²) < 4.78 is 2.16. The van der Waals surface area contributed by atoms with Crippen LogP contribution in [0.25, 0.3) is 0 Å². The van der Waals surface area contributed by atoms with Crippen molar-refractivity contribution in [3.8, 4) is 0 Å². The maximum Gasteiger partial charge on any atom is 0.242 e. The average molecular weight is 478 g/mol. The quantitative estimate of drug-likeness (QED) is 0.243. The number of aliphatic imine (C=N–C) groups is 1. The number of halogens is 1. The Kier molecular flexibility index (Phi) is 13.1. The molecule has 0 aliphatic heterocycles. The van der Waals surface area contributed by atoms with Gasteiger partial charge in [-0.1, -0.05) is 0 Å². The van der Waals surface area contributed by atoms with Crippen LogP contribution in [0.1, 0.15) is 39.4 Å². The SMILES string of the molecule is CCNC(=NCCCCn1ccnc1C)N(C)CC(=O)N(CC)CC.I. The highest BCUT2D eigenvalue weighted by Gasteiger charge is 2.14. The number of guanidine groups is 1. The molecule has 1 N–H and O–H groups in total. The molecule has 7 nitrogen and oxygen atoms in total. The predicted molar refractivity (Wildman–Crippen MR) is 118 cm³/mol. The number of carbonyl (C=O) groups excluding carboxylic acids is 1. The zero-order chi connectivity index (χ0) is 18.7. The second-order valence-corrected chi connectivity index (χ2v) is 6.03. The fourth-order valence-electron chi connectivity index (χ4n) is 2.64. The smallest absolute Gasteiger partial charge is 0.242 e. The summed E-state index contributed by atoms with van der Waals surface area (Å²) in [7, 11) is 1.91. The fourth-order valence-corrected chi connectivity index (χ4v) is 2.64. The first-order chi connectivity index (χ1) is 12.0. The van der Waals surface area contributed by atoms with E-state index in [4.69, 9.17) is 0 Å². The minimum Gasteiger partial charge on any atom is -0.357 e. The van der Waals surface area contributed by atoms with Gasteiger partial charge in [0.1, 0.15) is 5.82 Å². The van der Waals surface area contributed by atoms with Gasteiger partial charge in [-0.2, -0.15) is 0 Å². The first-order valence-electron chi connectivity index (χ1n) is 9.28. The maximum absolute atomic E-state index is 12.3. The molecule has 0 aliphatic rings. The lowest BCUT2D eigenvalue weighted by Crippen LogP contribution is -2.45. The van der Waals surface area contributed by atoms with Gasteiger partial charge < -0.3 is 19.7 Å². The standard InChI is InChI=1S/C18H34N6O.HI/c1-6-19-18(22(5)15-17(25)23(7-2)8-3)21-11-9-10-13-24-14-12-20-16(24)4;/h12,14H,6-11,13,15H2,1-5H3,(H,19,21);1H. The second-order valence-electron chi connectivity index (χ2n) is 6.03. The highest BCUT2D eigenvalue weighted by Crippen LogP contribution is 2.01. The third-order valence-corrected chi connectivity index (χ3v) is 4.18. The van der Waals surface area contributed by atoms with Crippen molar-refractivity contribution in [2.45, 2.75) is 47.1 Å². The van der Waals surface area contributed by atoms with Gasteiger partial charge in [0.25, 0.3) is 0 Å². The summed E-state index contributed by atoms with van der Waals surface area (Å²) in [4.78, 5) is 24.9. The molecule has 0 aliphatic carbocycles. The van der Waals surface area contributed by atoms with E-state index in [9.17, 15) is 4.79 Å². The highest BCUT2D eigenvalue weighted by molar-refractivity contribution is 14.0. The van der Waals surface area contributed by atoms with Crippen LogP contribution in [-0.4, -0.2) is 71.0 Å². The van der Waals surface area contributed by atoms with Crippen molar-refractivity contribution < 1.29 is 4.79 Å². The van der Waals surface area contributed by atoms with E-state index in [1.165, 1.54) is 0 Å². The molecule has 1 rings (SSSR count). The Labute approximate surface area is 175 Å². The van der Waals surface area contributed by atoms with Gasteiger partial charge in [0.05, 0.1) is 6.54 Å². The van der Waals surface area contributed by atoms with Gasteiger partial charge in [-0.15, -0.1) is 24.0 Å². The number of carbonyl (C=O) groups is 1. The van der Waals surface area contributed by atoms with Crippen molar-refractivity contribution in [3.05, 3.63) is 18.2 Å². The van der Waals surface area contributed by atoms with E-state index < -0.39 is 0 Å². The monoisotopic (exact) mass is 478 g/mol. The number of nitrogens with one attached hydrogen (secondary N) is 1. The summed E-state index contributed by atoms with van der Waals surface area (Å²) in [5.41, 5.74) is 0. The molecule has 8 heteroatoms. The Morgan fingerprint density at radius 1 is 1.27 bits per heavy atom. The lowest BCUT2D eigenvalue weighted by molar-refractivity contribution is -0.131. The van der Waals surface area contributed by atoms with Gasteiger partial charge in [-0.3, -0.25) is 9.79 Å². The van der Waals surface area contributed by atoms with Gasteiger partial charge in [-0.25, -0.2) is 4.98 Å². The number of nitrogens with zero attached hydrogens (tertiary/aromatic N) is 5. The van der Waals surface area contributed by atoms with Crippen molar-refractivity contribution in [2.24, 2.45) is 4.99 Å². The third kappa shape index (κ3) is 8.37. The van der Waals surface area contributed by atoms with Crippen molar-refractivity contribution in [1.82, 2.24) is 24.7 Å². The molecule has 1 aromatic rings. The molecule has 0 aromatic carbocycles. The van der Waals surface area contributed by atoms with Crippen molar-refractivity contribution >= 4 is 35.8 Å². The summed E-state index contributed by atoms with van der Waals surface area (Å²) >= 11 is 0. The van der Waals surface area contributed by atoms with Gasteiger partial charge in [0.15, 0.2) is 5.96 Å².